The fraction of sp³-hybridized carbons (Fsp3) is 0.469. The van der Waals surface area contributed by atoms with Crippen molar-refractivity contribution in [3.8, 4) is 17.3 Å². The lowest BCUT2D eigenvalue weighted by Gasteiger charge is -2.33. The lowest BCUT2D eigenvalue weighted by atomic mass is 10.0. The van der Waals surface area contributed by atoms with Crippen LogP contribution in [0.25, 0.3) is 33.5 Å². The molecule has 0 bridgehead atoms. The van der Waals surface area contributed by atoms with Gasteiger partial charge in [-0.1, -0.05) is 0 Å². The number of fused-ring (bicyclic) bond motifs is 2. The molecule has 2 aliphatic rings. The molecule has 2 fully saturated rings. The van der Waals surface area contributed by atoms with Crippen LogP contribution in [0.1, 0.15) is 56.8 Å². The minimum atomic E-state index is -0.565. The molecule has 0 unspecified atom stereocenters. The van der Waals surface area contributed by atoms with E-state index in [4.69, 9.17) is 14.5 Å². The minimum Gasteiger partial charge on any atom is -0.497 e. The van der Waals surface area contributed by atoms with Gasteiger partial charge in [0.2, 0.25) is 0 Å². The number of imidazole rings is 1. The molecule has 1 saturated carbocycles. The van der Waals surface area contributed by atoms with Gasteiger partial charge in [-0.2, -0.15) is 0 Å². The maximum absolute atomic E-state index is 13.6. The summed E-state index contributed by atoms with van der Waals surface area (Å²) < 4.78 is 15.4. The van der Waals surface area contributed by atoms with Crippen LogP contribution in [0.2, 0.25) is 0 Å². The number of aryl methyl sites for hydroxylation is 1. The van der Waals surface area contributed by atoms with Crippen molar-refractivity contribution >= 4 is 33.9 Å². The predicted molar refractivity (Wildman–Crippen MR) is 159 cm³/mol. The van der Waals surface area contributed by atoms with Crippen LogP contribution in [-0.2, 0) is 18.3 Å². The van der Waals surface area contributed by atoms with Gasteiger partial charge in [-0.3, -0.25) is 4.79 Å². The Morgan fingerprint density at radius 2 is 1.85 bits per heavy atom. The first-order chi connectivity index (χ1) is 19.6. The molecule has 1 N–H and O–H groups in total. The predicted octanol–water partition coefficient (Wildman–Crippen LogP) is 5.74. The number of carbonyl (C=O) groups is 2. The van der Waals surface area contributed by atoms with Crippen molar-refractivity contribution in [1.29, 1.82) is 0 Å². The van der Waals surface area contributed by atoms with E-state index in [2.05, 4.69) is 32.7 Å². The molecule has 6 rings (SSSR count). The average Bonchev–Trinajstić information content (AvgIpc) is 3.61. The van der Waals surface area contributed by atoms with Crippen molar-refractivity contribution in [2.45, 2.75) is 64.6 Å². The van der Waals surface area contributed by atoms with E-state index in [-0.39, 0.29) is 11.9 Å². The number of aromatic nitrogens is 3. The van der Waals surface area contributed by atoms with E-state index in [0.29, 0.717) is 24.6 Å². The number of carbonyl (C=O) groups excluding carboxylic acids is 2. The van der Waals surface area contributed by atoms with Crippen LogP contribution in [0.3, 0.4) is 0 Å². The third-order valence-corrected chi connectivity index (χ3v) is 8.04. The van der Waals surface area contributed by atoms with E-state index in [1.165, 1.54) is 12.8 Å². The zero-order valence-electron chi connectivity index (χ0n) is 24.6. The molecule has 1 atom stereocenters. The fourth-order valence-corrected chi connectivity index (χ4v) is 5.80. The van der Waals surface area contributed by atoms with Crippen LogP contribution in [-0.4, -0.2) is 62.9 Å². The normalized spacial score (nSPS) is 17.7. The van der Waals surface area contributed by atoms with Gasteiger partial charge in [0, 0.05) is 49.7 Å². The van der Waals surface area contributed by atoms with Gasteiger partial charge in [-0.15, -0.1) is 0 Å². The molecule has 216 valence electrons. The van der Waals surface area contributed by atoms with Crippen molar-refractivity contribution in [2.75, 3.05) is 20.2 Å². The lowest BCUT2D eigenvalue weighted by Crippen LogP contribution is -2.50. The number of amides is 2. The highest BCUT2D eigenvalue weighted by atomic mass is 16.6. The van der Waals surface area contributed by atoms with Gasteiger partial charge in [0.1, 0.15) is 11.4 Å². The number of hydrogen-bond donors (Lipinski definition) is 1. The number of hydrogen-bond acceptors (Lipinski definition) is 5. The number of ether oxygens (including phenoxy) is 2. The van der Waals surface area contributed by atoms with Gasteiger partial charge in [-0.25, -0.2) is 9.78 Å². The zero-order chi connectivity index (χ0) is 28.9. The van der Waals surface area contributed by atoms with Crippen molar-refractivity contribution < 1.29 is 19.1 Å². The summed E-state index contributed by atoms with van der Waals surface area (Å²) in [4.78, 5) is 32.7. The third-order valence-electron chi connectivity index (χ3n) is 8.04. The molecule has 9 nitrogen and oxygen atoms in total. The molecule has 9 heteroatoms. The molecule has 4 aromatic rings. The Morgan fingerprint density at radius 1 is 1.05 bits per heavy atom. The topological polar surface area (TPSA) is 90.6 Å². The standard InChI is InChI=1S/C32H39N5O4/c1-32(2,3)41-31(39)33-23-7-6-14-36(19-23)30(38)22-11-13-26-25(15-22)34-29(35(26)4)28-16-21-10-12-24(40-5)17-27(21)37(28)18-20-8-9-20/h10-13,15-17,20,23H,6-9,14,18-19H2,1-5H3,(H,33,39)/t23-/m1/s1. The second kappa shape index (κ2) is 10.4. The van der Waals surface area contributed by atoms with Crippen LogP contribution in [0, 0.1) is 5.92 Å². The van der Waals surface area contributed by atoms with Gasteiger partial charge in [0.25, 0.3) is 5.91 Å². The highest BCUT2D eigenvalue weighted by molar-refractivity contribution is 5.98. The summed E-state index contributed by atoms with van der Waals surface area (Å²) in [6.45, 7) is 7.58. The Morgan fingerprint density at radius 3 is 2.59 bits per heavy atom. The molecule has 2 aromatic carbocycles. The number of rotatable bonds is 6. The first kappa shape index (κ1) is 27.2. The van der Waals surface area contributed by atoms with E-state index in [1.807, 2.05) is 57.0 Å². The molecule has 0 spiro atoms. The maximum Gasteiger partial charge on any atom is 0.407 e. The second-order valence-electron chi connectivity index (χ2n) is 12.4. The number of methoxy groups -OCH3 is 1. The molecule has 1 aliphatic carbocycles. The van der Waals surface area contributed by atoms with E-state index >= 15 is 0 Å². The Labute approximate surface area is 240 Å². The summed E-state index contributed by atoms with van der Waals surface area (Å²) in [6.07, 6.45) is 3.69. The first-order valence-electron chi connectivity index (χ1n) is 14.5. The maximum atomic E-state index is 13.6. The molecule has 0 radical (unpaired) electrons. The highest BCUT2D eigenvalue weighted by Crippen LogP contribution is 2.37. The smallest absolute Gasteiger partial charge is 0.407 e. The number of benzene rings is 2. The Hall–Kier alpha value is -4.01. The average molecular weight is 558 g/mol. The fourth-order valence-electron chi connectivity index (χ4n) is 5.80. The van der Waals surface area contributed by atoms with E-state index < -0.39 is 11.7 Å². The van der Waals surface area contributed by atoms with E-state index in [1.54, 1.807) is 7.11 Å². The molecular weight excluding hydrogens is 518 g/mol. The van der Waals surface area contributed by atoms with Crippen molar-refractivity contribution in [3.05, 3.63) is 48.0 Å². The number of nitrogens with one attached hydrogen (secondary N) is 1. The Kier molecular flexibility index (Phi) is 6.91. The molecule has 1 aliphatic heterocycles. The Balaban J connectivity index is 1.27. The molecule has 2 aromatic heterocycles. The zero-order valence-corrected chi connectivity index (χ0v) is 24.6. The van der Waals surface area contributed by atoms with Crippen molar-refractivity contribution in [1.82, 2.24) is 24.3 Å². The molecular formula is C32H39N5O4. The van der Waals surface area contributed by atoms with Crippen LogP contribution in [0.15, 0.2) is 42.5 Å². The van der Waals surface area contributed by atoms with Gasteiger partial charge in [-0.05, 0) is 88.8 Å². The Bertz CT molecular complexity index is 1620. The third kappa shape index (κ3) is 5.62. The summed E-state index contributed by atoms with van der Waals surface area (Å²) >= 11 is 0. The van der Waals surface area contributed by atoms with Crippen LogP contribution in [0.4, 0.5) is 4.79 Å². The SMILES string of the molecule is COc1ccc2cc(-c3nc4cc(C(=O)N5CCC[C@@H](NC(=O)OC(C)(C)C)C5)ccc4n3C)n(CC3CC3)c2c1. The van der Waals surface area contributed by atoms with Crippen LogP contribution >= 0.6 is 0 Å². The summed E-state index contributed by atoms with van der Waals surface area (Å²) in [7, 11) is 3.73. The number of nitrogens with zero attached hydrogens (tertiary/aromatic N) is 4. The van der Waals surface area contributed by atoms with Gasteiger partial charge in [0.15, 0.2) is 5.82 Å². The molecule has 3 heterocycles. The quantitative estimate of drug-likeness (QED) is 0.326. The van der Waals surface area contributed by atoms with Gasteiger partial charge in [0.05, 0.1) is 29.4 Å². The lowest BCUT2D eigenvalue weighted by molar-refractivity contribution is 0.0452. The summed E-state index contributed by atoms with van der Waals surface area (Å²) in [6, 6.07) is 14.0. The molecule has 1 saturated heterocycles. The molecule has 41 heavy (non-hydrogen) atoms. The summed E-state index contributed by atoms with van der Waals surface area (Å²) in [5, 5.41) is 4.09. The van der Waals surface area contributed by atoms with Crippen LogP contribution < -0.4 is 10.1 Å². The van der Waals surface area contributed by atoms with Crippen molar-refractivity contribution in [3.63, 3.8) is 0 Å². The van der Waals surface area contributed by atoms with E-state index in [9.17, 15) is 9.59 Å². The monoisotopic (exact) mass is 557 g/mol. The number of piperidine rings is 1. The highest BCUT2D eigenvalue weighted by Gasteiger charge is 2.29. The van der Waals surface area contributed by atoms with Crippen molar-refractivity contribution in [2.24, 2.45) is 13.0 Å². The van der Waals surface area contributed by atoms with Crippen LogP contribution in [0.5, 0.6) is 5.75 Å². The summed E-state index contributed by atoms with van der Waals surface area (Å²) in [5.41, 5.74) is 4.01. The second-order valence-corrected chi connectivity index (χ2v) is 12.4. The number of alkyl carbamates (subject to hydrolysis) is 1. The number of likely N-dealkylation sites (tertiary alicyclic amines) is 1. The first-order valence-corrected chi connectivity index (χ1v) is 14.5. The van der Waals surface area contributed by atoms with E-state index in [0.717, 1.165) is 58.6 Å². The van der Waals surface area contributed by atoms with Gasteiger partial charge < -0.3 is 28.8 Å². The minimum absolute atomic E-state index is 0.0512. The largest absolute Gasteiger partial charge is 0.497 e. The molecule has 2 amide bonds. The summed E-state index contributed by atoms with van der Waals surface area (Å²) in [5.74, 6) is 2.35. The van der Waals surface area contributed by atoms with Gasteiger partial charge >= 0.3 is 6.09 Å².